The van der Waals surface area contributed by atoms with Gasteiger partial charge in [0.15, 0.2) is 0 Å². The lowest BCUT2D eigenvalue weighted by Gasteiger charge is -2.31. The summed E-state index contributed by atoms with van der Waals surface area (Å²) >= 11 is 0. The minimum Gasteiger partial charge on any atom is -0.0999 e. The summed E-state index contributed by atoms with van der Waals surface area (Å²) in [4.78, 5) is 0. The molecule has 0 heteroatoms. The monoisotopic (exact) mass is 168 g/mol. The van der Waals surface area contributed by atoms with Crippen LogP contribution in [0.15, 0.2) is 12.2 Å². The third-order valence-corrected chi connectivity index (χ3v) is 3.13. The summed E-state index contributed by atoms with van der Waals surface area (Å²) in [5, 5.41) is 0. The third-order valence-electron chi connectivity index (χ3n) is 3.13. The van der Waals surface area contributed by atoms with Crippen molar-refractivity contribution in [1.29, 1.82) is 0 Å². The maximum atomic E-state index is 4.08. The van der Waals surface area contributed by atoms with Crippen molar-refractivity contribution in [1.82, 2.24) is 0 Å². The van der Waals surface area contributed by atoms with Crippen molar-refractivity contribution in [3.63, 3.8) is 0 Å². The van der Waals surface area contributed by atoms with Crippen LogP contribution < -0.4 is 0 Å². The van der Waals surface area contributed by atoms with Crippen molar-refractivity contribution in [2.75, 3.05) is 0 Å². The Bertz CT molecular complexity index is 135. The first-order valence-electron chi connectivity index (χ1n) is 4.94. The Morgan fingerprint density at radius 1 is 1.25 bits per heavy atom. The molecule has 1 fully saturated rings. The van der Waals surface area contributed by atoms with E-state index in [0.717, 1.165) is 11.8 Å². The van der Waals surface area contributed by atoms with E-state index < -0.39 is 0 Å². The molecule has 0 aliphatic heterocycles. The summed E-state index contributed by atoms with van der Waals surface area (Å²) in [7, 11) is 0. The first-order chi connectivity index (χ1) is 5.27. The Balaban J connectivity index is 0.00000121. The van der Waals surface area contributed by atoms with Crippen LogP contribution in [0.25, 0.3) is 0 Å². The van der Waals surface area contributed by atoms with Crippen LogP contribution in [0.5, 0.6) is 0 Å². The van der Waals surface area contributed by atoms with Crippen molar-refractivity contribution < 1.29 is 0 Å². The lowest BCUT2D eigenvalue weighted by Crippen LogP contribution is -2.19. The SMILES string of the molecule is C.C=C1CCC(CC)C(CC)C1. The fourth-order valence-corrected chi connectivity index (χ4v) is 2.28. The summed E-state index contributed by atoms with van der Waals surface area (Å²) in [5.41, 5.74) is 1.49. The first kappa shape index (κ1) is 11.7. The maximum Gasteiger partial charge on any atom is -0.0292 e. The van der Waals surface area contributed by atoms with E-state index >= 15 is 0 Å². The van der Waals surface area contributed by atoms with Crippen molar-refractivity contribution in [2.24, 2.45) is 11.8 Å². The Kier molecular flexibility index (Phi) is 5.28. The van der Waals surface area contributed by atoms with Gasteiger partial charge in [0.1, 0.15) is 0 Å². The Morgan fingerprint density at radius 2 is 1.83 bits per heavy atom. The number of rotatable bonds is 2. The molecule has 0 saturated heterocycles. The highest BCUT2D eigenvalue weighted by atomic mass is 14.3. The zero-order valence-electron chi connectivity index (χ0n) is 7.90. The van der Waals surface area contributed by atoms with Gasteiger partial charge in [-0.15, -0.1) is 0 Å². The Labute approximate surface area is 78.1 Å². The molecule has 0 amide bonds. The minimum atomic E-state index is 0. The van der Waals surface area contributed by atoms with Crippen LogP contribution in [0.4, 0.5) is 0 Å². The van der Waals surface area contributed by atoms with E-state index in [4.69, 9.17) is 0 Å². The predicted molar refractivity (Wildman–Crippen MR) is 57.3 cm³/mol. The van der Waals surface area contributed by atoms with E-state index in [0.29, 0.717) is 0 Å². The van der Waals surface area contributed by atoms with Gasteiger partial charge in [0.2, 0.25) is 0 Å². The van der Waals surface area contributed by atoms with Crippen LogP contribution >= 0.6 is 0 Å². The molecule has 0 radical (unpaired) electrons. The molecule has 0 N–H and O–H groups in total. The number of hydrogen-bond donors (Lipinski definition) is 0. The van der Waals surface area contributed by atoms with Crippen LogP contribution in [-0.4, -0.2) is 0 Å². The summed E-state index contributed by atoms with van der Waals surface area (Å²) in [5.74, 6) is 1.94. The van der Waals surface area contributed by atoms with Gasteiger partial charge in [-0.3, -0.25) is 0 Å². The second-order valence-corrected chi connectivity index (χ2v) is 3.83. The molecule has 0 heterocycles. The van der Waals surface area contributed by atoms with Gasteiger partial charge < -0.3 is 0 Å². The van der Waals surface area contributed by atoms with Gasteiger partial charge in [-0.1, -0.05) is 46.3 Å². The van der Waals surface area contributed by atoms with Crippen LogP contribution in [-0.2, 0) is 0 Å². The Hall–Kier alpha value is -0.260. The summed E-state index contributed by atoms with van der Waals surface area (Å²) in [6.45, 7) is 8.71. The molecule has 12 heavy (non-hydrogen) atoms. The van der Waals surface area contributed by atoms with Crippen LogP contribution in [0, 0.1) is 11.8 Å². The molecule has 0 nitrogen and oxygen atoms in total. The molecule has 0 spiro atoms. The fourth-order valence-electron chi connectivity index (χ4n) is 2.28. The zero-order chi connectivity index (χ0) is 8.27. The molecule has 2 atom stereocenters. The summed E-state index contributed by atoms with van der Waals surface area (Å²) in [6, 6.07) is 0. The molecule has 1 saturated carbocycles. The van der Waals surface area contributed by atoms with Gasteiger partial charge in [-0.2, -0.15) is 0 Å². The van der Waals surface area contributed by atoms with Crippen LogP contribution in [0.1, 0.15) is 53.4 Å². The Morgan fingerprint density at radius 3 is 2.33 bits per heavy atom. The highest BCUT2D eigenvalue weighted by Crippen LogP contribution is 2.36. The van der Waals surface area contributed by atoms with Gasteiger partial charge in [0.05, 0.1) is 0 Å². The summed E-state index contributed by atoms with van der Waals surface area (Å²) in [6.07, 6.45) is 6.70. The van der Waals surface area contributed by atoms with Crippen molar-refractivity contribution in [3.8, 4) is 0 Å². The van der Waals surface area contributed by atoms with Gasteiger partial charge in [-0.05, 0) is 31.1 Å². The molecule has 0 aromatic heterocycles. The zero-order valence-corrected chi connectivity index (χ0v) is 7.90. The van der Waals surface area contributed by atoms with E-state index in [1.54, 1.807) is 0 Å². The van der Waals surface area contributed by atoms with Gasteiger partial charge >= 0.3 is 0 Å². The quantitative estimate of drug-likeness (QED) is 0.536. The fraction of sp³-hybridized carbons (Fsp3) is 0.833. The molecular weight excluding hydrogens is 144 g/mol. The molecule has 2 unspecified atom stereocenters. The third kappa shape index (κ3) is 2.66. The summed E-state index contributed by atoms with van der Waals surface area (Å²) < 4.78 is 0. The maximum absolute atomic E-state index is 4.08. The van der Waals surface area contributed by atoms with E-state index in [2.05, 4.69) is 20.4 Å². The van der Waals surface area contributed by atoms with E-state index in [-0.39, 0.29) is 7.43 Å². The second kappa shape index (κ2) is 5.40. The van der Waals surface area contributed by atoms with Crippen LogP contribution in [0.3, 0.4) is 0 Å². The molecule has 72 valence electrons. The standard InChI is InChI=1S/C11H20.CH4/c1-4-10-7-6-9(3)8-11(10)5-2;/h10-11H,3-8H2,1-2H3;1H4. The smallest absolute Gasteiger partial charge is 0.0292 e. The molecule has 0 aromatic carbocycles. The van der Waals surface area contributed by atoms with E-state index in [1.165, 1.54) is 37.7 Å². The lowest BCUT2D eigenvalue weighted by molar-refractivity contribution is 0.261. The van der Waals surface area contributed by atoms with E-state index in [9.17, 15) is 0 Å². The van der Waals surface area contributed by atoms with E-state index in [1.807, 2.05) is 0 Å². The molecular formula is C12H24. The van der Waals surface area contributed by atoms with Crippen LogP contribution in [0.2, 0.25) is 0 Å². The lowest BCUT2D eigenvalue weighted by atomic mass is 9.75. The van der Waals surface area contributed by atoms with Gasteiger partial charge in [0, 0.05) is 0 Å². The molecule has 1 rings (SSSR count). The number of hydrogen-bond acceptors (Lipinski definition) is 0. The number of allylic oxidation sites excluding steroid dienone is 1. The van der Waals surface area contributed by atoms with Gasteiger partial charge in [-0.25, -0.2) is 0 Å². The van der Waals surface area contributed by atoms with Gasteiger partial charge in [0.25, 0.3) is 0 Å². The average Bonchev–Trinajstić information content (AvgIpc) is 2.04. The van der Waals surface area contributed by atoms with Crippen molar-refractivity contribution in [3.05, 3.63) is 12.2 Å². The van der Waals surface area contributed by atoms with Crippen molar-refractivity contribution in [2.45, 2.75) is 53.4 Å². The highest BCUT2D eigenvalue weighted by Gasteiger charge is 2.23. The molecule has 0 aromatic rings. The normalized spacial score (nSPS) is 29.7. The minimum absolute atomic E-state index is 0. The second-order valence-electron chi connectivity index (χ2n) is 3.83. The molecule has 0 bridgehead atoms. The molecule has 1 aliphatic rings. The topological polar surface area (TPSA) is 0 Å². The molecule has 1 aliphatic carbocycles. The predicted octanol–water partition coefficient (Wildman–Crippen LogP) is 4.42. The average molecular weight is 168 g/mol. The van der Waals surface area contributed by atoms with Crippen molar-refractivity contribution >= 4 is 0 Å². The first-order valence-corrected chi connectivity index (χ1v) is 4.94. The largest absolute Gasteiger partial charge is 0.0999 e. The highest BCUT2D eigenvalue weighted by molar-refractivity contribution is 5.01.